The number of rotatable bonds is 13. The van der Waals surface area contributed by atoms with Crippen molar-refractivity contribution in [2.75, 3.05) is 39.6 Å². The highest BCUT2D eigenvalue weighted by atomic mass is 32.2. The van der Waals surface area contributed by atoms with Gasteiger partial charge >= 0.3 is 0 Å². The molecule has 1 aromatic rings. The summed E-state index contributed by atoms with van der Waals surface area (Å²) < 4.78 is 7.84. The van der Waals surface area contributed by atoms with E-state index in [9.17, 15) is 0 Å². The Morgan fingerprint density at radius 1 is 1.11 bits per heavy atom. The van der Waals surface area contributed by atoms with Crippen LogP contribution in [0.2, 0.25) is 0 Å². The third-order valence-corrected chi connectivity index (χ3v) is 4.49. The first-order valence-electron chi connectivity index (χ1n) is 9.96. The van der Waals surface area contributed by atoms with Crippen molar-refractivity contribution in [2.45, 2.75) is 58.7 Å². The van der Waals surface area contributed by atoms with Crippen molar-refractivity contribution in [3.05, 3.63) is 5.82 Å². The third kappa shape index (κ3) is 10.0. The minimum absolute atomic E-state index is 0.580. The number of aryl methyl sites for hydroxylation is 1. The molecule has 2 N–H and O–H groups in total. The van der Waals surface area contributed by atoms with Crippen molar-refractivity contribution in [1.82, 2.24) is 25.4 Å². The summed E-state index contributed by atoms with van der Waals surface area (Å²) >= 11 is 1.66. The first-order valence-corrected chi connectivity index (χ1v) is 11.2. The average Bonchev–Trinajstić information content (AvgIpc) is 3.00. The summed E-state index contributed by atoms with van der Waals surface area (Å²) in [6.07, 6.45) is 4.93. The van der Waals surface area contributed by atoms with Gasteiger partial charge in [0.2, 0.25) is 0 Å². The lowest BCUT2D eigenvalue weighted by Crippen LogP contribution is -2.38. The lowest BCUT2D eigenvalue weighted by atomic mass is 10.2. The first kappa shape index (κ1) is 23.8. The second-order valence-corrected chi connectivity index (χ2v) is 8.23. The highest BCUT2D eigenvalue weighted by Gasteiger charge is 2.12. The molecule has 0 aliphatic rings. The normalized spacial score (nSPS) is 12.2. The molecule has 0 spiro atoms. The Labute approximate surface area is 169 Å². The van der Waals surface area contributed by atoms with Gasteiger partial charge in [0, 0.05) is 46.3 Å². The highest BCUT2D eigenvalue weighted by molar-refractivity contribution is 7.98. The lowest BCUT2D eigenvalue weighted by molar-refractivity contribution is 0.108. The van der Waals surface area contributed by atoms with Gasteiger partial charge in [-0.2, -0.15) is 0 Å². The van der Waals surface area contributed by atoms with E-state index in [4.69, 9.17) is 4.74 Å². The fraction of sp³-hybridized carbons (Fsp3) is 0.842. The van der Waals surface area contributed by atoms with Gasteiger partial charge < -0.3 is 19.9 Å². The summed E-state index contributed by atoms with van der Waals surface area (Å²) in [6, 6.07) is 0. The highest BCUT2D eigenvalue weighted by Crippen LogP contribution is 2.16. The van der Waals surface area contributed by atoms with Crippen molar-refractivity contribution >= 4 is 17.7 Å². The van der Waals surface area contributed by atoms with Crippen molar-refractivity contribution in [3.63, 3.8) is 0 Å². The quantitative estimate of drug-likeness (QED) is 0.230. The van der Waals surface area contributed by atoms with E-state index >= 15 is 0 Å². The monoisotopic (exact) mass is 398 g/mol. The molecule has 0 aromatic carbocycles. The SMILES string of the molecule is CN=C(NCCCOCC(C)C)NCCCc1nnc(SC)n1CC(C)C. The number of ether oxygens (including phenoxy) is 1. The van der Waals surface area contributed by atoms with Gasteiger partial charge in [0.05, 0.1) is 0 Å². The van der Waals surface area contributed by atoms with Crippen molar-refractivity contribution < 1.29 is 4.74 Å². The van der Waals surface area contributed by atoms with Crippen LogP contribution < -0.4 is 10.6 Å². The molecule has 0 fully saturated rings. The van der Waals surface area contributed by atoms with Crippen LogP contribution >= 0.6 is 11.8 Å². The van der Waals surface area contributed by atoms with E-state index < -0.39 is 0 Å². The summed E-state index contributed by atoms with van der Waals surface area (Å²) in [4.78, 5) is 4.27. The Morgan fingerprint density at radius 3 is 2.41 bits per heavy atom. The number of nitrogens with zero attached hydrogens (tertiary/aromatic N) is 4. The first-order chi connectivity index (χ1) is 13.0. The van der Waals surface area contributed by atoms with Gasteiger partial charge in [0.1, 0.15) is 5.82 Å². The van der Waals surface area contributed by atoms with E-state index in [1.807, 2.05) is 0 Å². The number of guanidine groups is 1. The van der Waals surface area contributed by atoms with E-state index in [1.54, 1.807) is 18.8 Å². The van der Waals surface area contributed by atoms with Crippen LogP contribution in [0.4, 0.5) is 0 Å². The average molecular weight is 399 g/mol. The molecule has 1 rings (SSSR count). The van der Waals surface area contributed by atoms with Gasteiger partial charge in [0.25, 0.3) is 0 Å². The lowest BCUT2D eigenvalue weighted by Gasteiger charge is -2.13. The van der Waals surface area contributed by atoms with Crippen LogP contribution in [0.3, 0.4) is 0 Å². The molecule has 0 atom stereocenters. The molecular formula is C19H38N6OS. The molecule has 1 heterocycles. The minimum atomic E-state index is 0.580. The van der Waals surface area contributed by atoms with Crippen molar-refractivity contribution in [2.24, 2.45) is 16.8 Å². The standard InChI is InChI=1S/C19H38N6OS/c1-15(2)13-25-17(23-24-19(25)27-6)9-7-10-21-18(20-5)22-11-8-12-26-14-16(3)4/h15-16H,7-14H2,1-6H3,(H2,20,21,22). The predicted octanol–water partition coefficient (Wildman–Crippen LogP) is 2.82. The Kier molecular flexibility index (Phi) is 12.2. The maximum Gasteiger partial charge on any atom is 0.190 e. The maximum absolute atomic E-state index is 5.59. The van der Waals surface area contributed by atoms with Gasteiger partial charge in [-0.05, 0) is 30.9 Å². The molecule has 0 saturated heterocycles. The molecule has 0 bridgehead atoms. The van der Waals surface area contributed by atoms with E-state index in [2.05, 4.69) is 64.3 Å². The fourth-order valence-corrected chi connectivity index (χ4v) is 3.10. The minimum Gasteiger partial charge on any atom is -0.381 e. The van der Waals surface area contributed by atoms with Gasteiger partial charge in [-0.1, -0.05) is 39.5 Å². The second-order valence-electron chi connectivity index (χ2n) is 7.46. The molecule has 27 heavy (non-hydrogen) atoms. The molecule has 0 unspecified atom stereocenters. The van der Waals surface area contributed by atoms with Gasteiger partial charge in [-0.25, -0.2) is 0 Å². The van der Waals surface area contributed by atoms with E-state index in [1.165, 1.54) is 0 Å². The Bertz CT molecular complexity index is 544. The molecule has 156 valence electrons. The zero-order valence-corrected chi connectivity index (χ0v) is 18.7. The van der Waals surface area contributed by atoms with Crippen LogP contribution in [0.15, 0.2) is 10.1 Å². The Hall–Kier alpha value is -1.28. The summed E-state index contributed by atoms with van der Waals surface area (Å²) in [5.74, 6) is 3.08. The fourth-order valence-electron chi connectivity index (χ4n) is 2.58. The van der Waals surface area contributed by atoms with E-state index in [0.717, 1.165) is 69.1 Å². The van der Waals surface area contributed by atoms with Gasteiger partial charge in [-0.3, -0.25) is 4.99 Å². The summed E-state index contributed by atoms with van der Waals surface area (Å²) in [7, 11) is 1.80. The Balaban J connectivity index is 2.27. The van der Waals surface area contributed by atoms with E-state index in [-0.39, 0.29) is 0 Å². The molecule has 8 heteroatoms. The molecule has 7 nitrogen and oxygen atoms in total. The number of hydrogen-bond acceptors (Lipinski definition) is 5. The number of hydrogen-bond donors (Lipinski definition) is 2. The molecule has 0 amide bonds. The summed E-state index contributed by atoms with van der Waals surface area (Å²) in [6.45, 7) is 13.1. The van der Waals surface area contributed by atoms with Crippen LogP contribution in [0.25, 0.3) is 0 Å². The topological polar surface area (TPSA) is 76.4 Å². The molecule has 0 aliphatic carbocycles. The van der Waals surface area contributed by atoms with E-state index in [0.29, 0.717) is 11.8 Å². The Morgan fingerprint density at radius 2 is 1.81 bits per heavy atom. The van der Waals surface area contributed by atoms with Crippen molar-refractivity contribution in [3.8, 4) is 0 Å². The number of nitrogens with one attached hydrogen (secondary N) is 2. The molecule has 0 radical (unpaired) electrons. The second kappa shape index (κ2) is 13.8. The smallest absolute Gasteiger partial charge is 0.190 e. The number of aliphatic imine (C=N–C) groups is 1. The predicted molar refractivity (Wildman–Crippen MR) is 115 cm³/mol. The van der Waals surface area contributed by atoms with Gasteiger partial charge in [-0.15, -0.1) is 10.2 Å². The number of aromatic nitrogens is 3. The molecule has 0 aliphatic heterocycles. The molecule has 1 aromatic heterocycles. The van der Waals surface area contributed by atoms with Gasteiger partial charge in [0.15, 0.2) is 11.1 Å². The largest absolute Gasteiger partial charge is 0.381 e. The summed E-state index contributed by atoms with van der Waals surface area (Å²) in [5.41, 5.74) is 0. The van der Waals surface area contributed by atoms with Crippen LogP contribution in [0, 0.1) is 11.8 Å². The van der Waals surface area contributed by atoms with Crippen LogP contribution in [0.5, 0.6) is 0 Å². The van der Waals surface area contributed by atoms with Crippen LogP contribution in [-0.2, 0) is 17.7 Å². The van der Waals surface area contributed by atoms with Crippen LogP contribution in [0.1, 0.15) is 46.4 Å². The maximum atomic E-state index is 5.59. The summed E-state index contributed by atoms with van der Waals surface area (Å²) in [5, 5.41) is 16.4. The molecular weight excluding hydrogens is 360 g/mol. The molecule has 0 saturated carbocycles. The zero-order valence-electron chi connectivity index (χ0n) is 17.9. The van der Waals surface area contributed by atoms with Crippen LogP contribution in [-0.4, -0.2) is 60.3 Å². The zero-order chi connectivity index (χ0) is 20.1. The third-order valence-electron chi connectivity index (χ3n) is 3.83. The van der Waals surface area contributed by atoms with Crippen molar-refractivity contribution in [1.29, 1.82) is 0 Å². The number of thioether (sulfide) groups is 1.